The molecule has 31 heavy (non-hydrogen) atoms. The van der Waals surface area contributed by atoms with E-state index in [1.807, 2.05) is 5.38 Å². The monoisotopic (exact) mass is 451 g/mol. The zero-order valence-electron chi connectivity index (χ0n) is 17.5. The molecule has 0 saturated heterocycles. The number of nitrogens with zero attached hydrogens (tertiary/aromatic N) is 2. The van der Waals surface area contributed by atoms with Crippen molar-refractivity contribution in [1.82, 2.24) is 9.97 Å². The first-order valence-electron chi connectivity index (χ1n) is 9.98. The molecule has 1 N–H and O–H groups in total. The molecule has 0 spiro atoms. The van der Waals surface area contributed by atoms with E-state index in [2.05, 4.69) is 49.3 Å². The highest BCUT2D eigenvalue weighted by molar-refractivity contribution is 8.00. The lowest BCUT2D eigenvalue weighted by molar-refractivity contribution is -0.113. The second-order valence-corrected chi connectivity index (χ2v) is 9.16. The van der Waals surface area contributed by atoms with Crippen molar-refractivity contribution in [3.8, 4) is 11.3 Å². The van der Waals surface area contributed by atoms with Gasteiger partial charge in [0, 0.05) is 16.3 Å². The Morgan fingerprint density at radius 3 is 2.65 bits per heavy atom. The number of thioether (sulfide) groups is 1. The van der Waals surface area contributed by atoms with Gasteiger partial charge in [0.15, 0.2) is 5.13 Å². The van der Waals surface area contributed by atoms with E-state index in [0.29, 0.717) is 10.8 Å². The van der Waals surface area contributed by atoms with Gasteiger partial charge in [-0.25, -0.2) is 14.4 Å². The SMILES string of the molecule is CCc1cc2cc(C)cc(C)c2nc1SCC(=O)Nc1nc(-c2ccc(F)cc2)cs1. The Balaban J connectivity index is 1.45. The van der Waals surface area contributed by atoms with Crippen LogP contribution in [0.25, 0.3) is 22.2 Å². The molecule has 0 atom stereocenters. The standard InChI is InChI=1S/C24H22FN3OS2/c1-4-16-11-18-10-14(2)9-15(3)22(18)28-23(16)30-13-21(29)27-24-26-20(12-31-24)17-5-7-19(25)8-6-17/h5-12H,4,13H2,1-3H3,(H,26,27,29). The Hall–Kier alpha value is -2.77. The molecular formula is C24H22FN3OS2. The minimum atomic E-state index is -0.288. The number of aromatic nitrogens is 2. The van der Waals surface area contributed by atoms with Gasteiger partial charge in [-0.15, -0.1) is 11.3 Å². The van der Waals surface area contributed by atoms with Gasteiger partial charge in [0.05, 0.1) is 17.0 Å². The lowest BCUT2D eigenvalue weighted by Gasteiger charge is -2.11. The Morgan fingerprint density at radius 1 is 1.13 bits per heavy atom. The number of nitrogens with one attached hydrogen (secondary N) is 1. The van der Waals surface area contributed by atoms with Crippen molar-refractivity contribution in [2.45, 2.75) is 32.2 Å². The molecule has 4 rings (SSSR count). The average molecular weight is 452 g/mol. The van der Waals surface area contributed by atoms with Crippen LogP contribution in [-0.4, -0.2) is 21.6 Å². The number of halogens is 1. The minimum absolute atomic E-state index is 0.130. The van der Waals surface area contributed by atoms with Gasteiger partial charge in [-0.1, -0.05) is 30.3 Å². The molecule has 0 saturated carbocycles. The van der Waals surface area contributed by atoms with Gasteiger partial charge in [-0.2, -0.15) is 0 Å². The number of hydrogen-bond acceptors (Lipinski definition) is 5. The van der Waals surface area contributed by atoms with Crippen LogP contribution in [0.1, 0.15) is 23.6 Å². The van der Waals surface area contributed by atoms with Gasteiger partial charge in [0.1, 0.15) is 10.8 Å². The highest BCUT2D eigenvalue weighted by Gasteiger charge is 2.13. The smallest absolute Gasteiger partial charge is 0.236 e. The molecule has 4 aromatic rings. The highest BCUT2D eigenvalue weighted by atomic mass is 32.2. The summed E-state index contributed by atoms with van der Waals surface area (Å²) in [5, 5.41) is 7.26. The Labute approximate surface area is 188 Å². The second-order valence-electron chi connectivity index (χ2n) is 7.34. The maximum atomic E-state index is 13.1. The topological polar surface area (TPSA) is 54.9 Å². The molecule has 2 aromatic heterocycles. The lowest BCUT2D eigenvalue weighted by atomic mass is 10.0. The maximum absolute atomic E-state index is 13.1. The molecule has 2 heterocycles. The summed E-state index contributed by atoms with van der Waals surface area (Å²) in [4.78, 5) is 21.8. The Bertz CT molecular complexity index is 1250. The largest absolute Gasteiger partial charge is 0.301 e. The quantitative estimate of drug-likeness (QED) is 0.344. The second kappa shape index (κ2) is 9.16. The summed E-state index contributed by atoms with van der Waals surface area (Å²) in [6.45, 7) is 6.25. The van der Waals surface area contributed by atoms with Crippen LogP contribution in [0.2, 0.25) is 0 Å². The summed E-state index contributed by atoms with van der Waals surface area (Å²) in [6.07, 6.45) is 0.855. The number of thiazole rings is 1. The molecule has 0 aliphatic rings. The van der Waals surface area contributed by atoms with Gasteiger partial charge in [0.25, 0.3) is 0 Å². The van der Waals surface area contributed by atoms with Crippen molar-refractivity contribution < 1.29 is 9.18 Å². The first kappa shape index (κ1) is 21.5. The maximum Gasteiger partial charge on any atom is 0.236 e. The van der Waals surface area contributed by atoms with Crippen LogP contribution in [0, 0.1) is 19.7 Å². The molecule has 7 heteroatoms. The van der Waals surface area contributed by atoms with Crippen LogP contribution in [0.15, 0.2) is 52.9 Å². The number of amides is 1. The number of anilines is 1. The van der Waals surface area contributed by atoms with Crippen LogP contribution in [0.3, 0.4) is 0 Å². The van der Waals surface area contributed by atoms with Gasteiger partial charge in [-0.3, -0.25) is 4.79 Å². The molecular weight excluding hydrogens is 429 g/mol. The van der Waals surface area contributed by atoms with Crippen LogP contribution in [-0.2, 0) is 11.2 Å². The molecule has 2 aromatic carbocycles. The third-order valence-electron chi connectivity index (χ3n) is 4.90. The van der Waals surface area contributed by atoms with E-state index in [0.717, 1.165) is 39.0 Å². The van der Waals surface area contributed by atoms with Crippen LogP contribution < -0.4 is 5.32 Å². The number of aryl methyl sites for hydroxylation is 3. The number of hydrogen-bond donors (Lipinski definition) is 1. The van der Waals surface area contributed by atoms with Crippen LogP contribution in [0.4, 0.5) is 9.52 Å². The van der Waals surface area contributed by atoms with Crippen molar-refractivity contribution in [1.29, 1.82) is 0 Å². The fourth-order valence-electron chi connectivity index (χ4n) is 3.43. The Morgan fingerprint density at radius 2 is 1.90 bits per heavy atom. The van der Waals surface area contributed by atoms with E-state index >= 15 is 0 Å². The number of fused-ring (bicyclic) bond motifs is 1. The minimum Gasteiger partial charge on any atom is -0.301 e. The van der Waals surface area contributed by atoms with E-state index in [4.69, 9.17) is 4.98 Å². The molecule has 1 amide bonds. The summed E-state index contributed by atoms with van der Waals surface area (Å²) >= 11 is 2.79. The summed E-state index contributed by atoms with van der Waals surface area (Å²) in [7, 11) is 0. The number of benzene rings is 2. The van der Waals surface area contributed by atoms with E-state index in [1.165, 1.54) is 40.8 Å². The summed E-state index contributed by atoms with van der Waals surface area (Å²) in [6, 6.07) is 12.6. The van der Waals surface area contributed by atoms with Crippen molar-refractivity contribution in [3.63, 3.8) is 0 Å². The van der Waals surface area contributed by atoms with E-state index in [-0.39, 0.29) is 17.5 Å². The third kappa shape index (κ3) is 4.94. The predicted octanol–water partition coefficient (Wildman–Crippen LogP) is 6.41. The summed E-state index contributed by atoms with van der Waals surface area (Å²) < 4.78 is 13.1. The van der Waals surface area contributed by atoms with Gasteiger partial charge >= 0.3 is 0 Å². The molecule has 158 valence electrons. The zero-order valence-corrected chi connectivity index (χ0v) is 19.2. The number of pyridine rings is 1. The molecule has 4 nitrogen and oxygen atoms in total. The number of rotatable bonds is 6. The van der Waals surface area contributed by atoms with E-state index in [1.54, 1.807) is 12.1 Å². The molecule has 0 fully saturated rings. The highest BCUT2D eigenvalue weighted by Crippen LogP contribution is 2.29. The van der Waals surface area contributed by atoms with Crippen LogP contribution in [0.5, 0.6) is 0 Å². The van der Waals surface area contributed by atoms with E-state index in [9.17, 15) is 9.18 Å². The fourth-order valence-corrected chi connectivity index (χ4v) is 5.05. The molecule has 0 bridgehead atoms. The van der Waals surface area contributed by atoms with Gasteiger partial charge in [0.2, 0.25) is 5.91 Å². The van der Waals surface area contributed by atoms with Crippen LogP contribution >= 0.6 is 23.1 Å². The number of carbonyl (C=O) groups is 1. The van der Waals surface area contributed by atoms with Crippen molar-refractivity contribution >= 4 is 45.0 Å². The van der Waals surface area contributed by atoms with Crippen molar-refractivity contribution in [3.05, 3.63) is 70.4 Å². The Kier molecular flexibility index (Phi) is 6.34. The van der Waals surface area contributed by atoms with Crippen molar-refractivity contribution in [2.24, 2.45) is 0 Å². The number of carbonyl (C=O) groups excluding carboxylic acids is 1. The van der Waals surface area contributed by atoms with Crippen molar-refractivity contribution in [2.75, 3.05) is 11.1 Å². The first-order chi connectivity index (χ1) is 14.9. The third-order valence-corrected chi connectivity index (χ3v) is 6.69. The molecule has 0 aliphatic carbocycles. The van der Waals surface area contributed by atoms with Gasteiger partial charge in [-0.05, 0) is 67.8 Å². The summed E-state index contributed by atoms with van der Waals surface area (Å²) in [5.74, 6) is -0.166. The zero-order chi connectivity index (χ0) is 22.0. The first-order valence-corrected chi connectivity index (χ1v) is 11.8. The molecule has 0 radical (unpaired) electrons. The van der Waals surface area contributed by atoms with E-state index < -0.39 is 0 Å². The normalized spacial score (nSPS) is 11.1. The molecule has 0 aliphatic heterocycles. The molecule has 0 unspecified atom stereocenters. The average Bonchev–Trinajstić information content (AvgIpc) is 3.20. The predicted molar refractivity (Wildman–Crippen MR) is 127 cm³/mol. The fraction of sp³-hybridized carbons (Fsp3) is 0.208. The lowest BCUT2D eigenvalue weighted by Crippen LogP contribution is -2.14. The van der Waals surface area contributed by atoms with Gasteiger partial charge < -0.3 is 5.32 Å². The summed E-state index contributed by atoms with van der Waals surface area (Å²) in [5.41, 5.74) is 6.00.